The van der Waals surface area contributed by atoms with E-state index in [1.807, 2.05) is 0 Å². The summed E-state index contributed by atoms with van der Waals surface area (Å²) >= 11 is 0. The lowest BCUT2D eigenvalue weighted by Crippen LogP contribution is -2.02. The molecule has 0 aliphatic rings. The topological polar surface area (TPSA) is 53.6 Å². The monoisotopic (exact) mass is 266 g/mol. The number of hydrogen-bond acceptors (Lipinski definition) is 3. The predicted octanol–water partition coefficient (Wildman–Crippen LogP) is 3.50. The smallest absolute Gasteiger partial charge is 0.144 e. The predicted molar refractivity (Wildman–Crippen MR) is 81.9 cm³/mol. The molecule has 0 bridgehead atoms. The van der Waals surface area contributed by atoms with Crippen LogP contribution in [0.2, 0.25) is 0 Å². The standard InChI is InChI=1S/C16H18N4/c1-10-6-13(8-19-15-9-17-4-5-18-15)16-14(7-10)11(2)12(3)20-16/h4-7,9,20H,8H2,1-3H3,(H,18,19). The first kappa shape index (κ1) is 12.7. The number of hydrogen-bond donors (Lipinski definition) is 2. The van der Waals surface area contributed by atoms with E-state index in [-0.39, 0.29) is 0 Å². The second kappa shape index (κ2) is 4.96. The van der Waals surface area contributed by atoms with Crippen molar-refractivity contribution in [3.05, 3.63) is 53.1 Å². The lowest BCUT2D eigenvalue weighted by molar-refractivity contribution is 1.09. The molecule has 0 saturated heterocycles. The molecule has 0 aliphatic heterocycles. The van der Waals surface area contributed by atoms with Gasteiger partial charge in [-0.25, -0.2) is 4.98 Å². The lowest BCUT2D eigenvalue weighted by Gasteiger charge is -2.08. The first-order valence-electron chi connectivity index (χ1n) is 6.73. The largest absolute Gasteiger partial charge is 0.365 e. The van der Waals surface area contributed by atoms with Gasteiger partial charge in [0, 0.05) is 30.0 Å². The van der Waals surface area contributed by atoms with E-state index < -0.39 is 0 Å². The minimum absolute atomic E-state index is 0.732. The Balaban J connectivity index is 1.97. The van der Waals surface area contributed by atoms with Gasteiger partial charge < -0.3 is 10.3 Å². The number of nitrogens with zero attached hydrogens (tertiary/aromatic N) is 2. The molecular weight excluding hydrogens is 248 g/mol. The van der Waals surface area contributed by atoms with Gasteiger partial charge in [-0.2, -0.15) is 0 Å². The highest BCUT2D eigenvalue weighted by molar-refractivity contribution is 5.88. The van der Waals surface area contributed by atoms with Crippen LogP contribution in [-0.4, -0.2) is 15.0 Å². The first-order chi connectivity index (χ1) is 9.65. The summed E-state index contributed by atoms with van der Waals surface area (Å²) in [5.41, 5.74) is 6.29. The summed E-state index contributed by atoms with van der Waals surface area (Å²) in [4.78, 5) is 11.8. The van der Waals surface area contributed by atoms with Crippen LogP contribution in [0, 0.1) is 20.8 Å². The highest BCUT2D eigenvalue weighted by Crippen LogP contribution is 2.26. The van der Waals surface area contributed by atoms with E-state index >= 15 is 0 Å². The van der Waals surface area contributed by atoms with Gasteiger partial charge in [-0.15, -0.1) is 0 Å². The fourth-order valence-electron chi connectivity index (χ4n) is 2.50. The fourth-order valence-corrected chi connectivity index (χ4v) is 2.50. The van der Waals surface area contributed by atoms with Gasteiger partial charge >= 0.3 is 0 Å². The Bertz CT molecular complexity index is 744. The molecule has 0 saturated carbocycles. The maximum atomic E-state index is 4.24. The first-order valence-corrected chi connectivity index (χ1v) is 6.73. The Hall–Kier alpha value is -2.36. The molecule has 0 amide bonds. The van der Waals surface area contributed by atoms with E-state index in [2.05, 4.69) is 53.2 Å². The Morgan fingerprint density at radius 1 is 1.15 bits per heavy atom. The molecule has 3 aromatic rings. The third kappa shape index (κ3) is 2.25. The van der Waals surface area contributed by atoms with Crippen molar-refractivity contribution in [2.75, 3.05) is 5.32 Å². The molecule has 0 fully saturated rings. The minimum Gasteiger partial charge on any atom is -0.365 e. The number of H-pyrrole nitrogens is 1. The van der Waals surface area contributed by atoms with Crippen LogP contribution in [0.3, 0.4) is 0 Å². The average molecular weight is 266 g/mol. The van der Waals surface area contributed by atoms with E-state index in [0.717, 1.165) is 12.4 Å². The molecule has 3 rings (SSSR count). The molecule has 2 N–H and O–H groups in total. The zero-order valence-corrected chi connectivity index (χ0v) is 12.0. The van der Waals surface area contributed by atoms with Crippen molar-refractivity contribution in [2.24, 2.45) is 0 Å². The van der Waals surface area contributed by atoms with Crippen LogP contribution in [0.5, 0.6) is 0 Å². The third-order valence-electron chi connectivity index (χ3n) is 3.67. The van der Waals surface area contributed by atoms with Crippen molar-refractivity contribution in [3.8, 4) is 0 Å². The highest BCUT2D eigenvalue weighted by atomic mass is 15.0. The van der Waals surface area contributed by atoms with Crippen molar-refractivity contribution in [3.63, 3.8) is 0 Å². The van der Waals surface area contributed by atoms with Gasteiger partial charge in [-0.05, 0) is 38.0 Å². The molecular formula is C16H18N4. The lowest BCUT2D eigenvalue weighted by atomic mass is 10.0. The van der Waals surface area contributed by atoms with Gasteiger partial charge in [0.1, 0.15) is 5.82 Å². The number of aryl methyl sites for hydroxylation is 3. The normalized spacial score (nSPS) is 10.9. The maximum Gasteiger partial charge on any atom is 0.144 e. The summed E-state index contributed by atoms with van der Waals surface area (Å²) in [5.74, 6) is 0.794. The van der Waals surface area contributed by atoms with E-state index in [1.165, 1.54) is 33.3 Å². The number of aromatic nitrogens is 3. The average Bonchev–Trinajstić information content (AvgIpc) is 2.74. The molecule has 102 valence electrons. The maximum absolute atomic E-state index is 4.24. The molecule has 20 heavy (non-hydrogen) atoms. The second-order valence-electron chi connectivity index (χ2n) is 5.17. The number of benzene rings is 1. The van der Waals surface area contributed by atoms with Gasteiger partial charge in [0.25, 0.3) is 0 Å². The fraction of sp³-hybridized carbons (Fsp3) is 0.250. The second-order valence-corrected chi connectivity index (χ2v) is 5.17. The Morgan fingerprint density at radius 2 is 2.00 bits per heavy atom. The van der Waals surface area contributed by atoms with Crippen LogP contribution in [0.15, 0.2) is 30.7 Å². The minimum atomic E-state index is 0.732. The molecule has 4 nitrogen and oxygen atoms in total. The van der Waals surface area contributed by atoms with Crippen LogP contribution < -0.4 is 5.32 Å². The summed E-state index contributed by atoms with van der Waals surface area (Å²) in [6.07, 6.45) is 5.10. The van der Waals surface area contributed by atoms with Crippen molar-refractivity contribution in [1.82, 2.24) is 15.0 Å². The Labute approximate surface area is 118 Å². The summed E-state index contributed by atoms with van der Waals surface area (Å²) in [6.45, 7) is 7.14. The van der Waals surface area contributed by atoms with Crippen LogP contribution in [0.25, 0.3) is 10.9 Å². The molecule has 2 heterocycles. The zero-order chi connectivity index (χ0) is 14.1. The number of aromatic amines is 1. The van der Waals surface area contributed by atoms with E-state index in [0.29, 0.717) is 0 Å². The van der Waals surface area contributed by atoms with Gasteiger partial charge in [0.2, 0.25) is 0 Å². The molecule has 4 heteroatoms. The summed E-state index contributed by atoms with van der Waals surface area (Å²) in [6, 6.07) is 4.45. The number of anilines is 1. The molecule has 0 spiro atoms. The zero-order valence-electron chi connectivity index (χ0n) is 12.0. The molecule has 0 atom stereocenters. The van der Waals surface area contributed by atoms with Crippen molar-refractivity contribution in [1.29, 1.82) is 0 Å². The number of rotatable bonds is 3. The van der Waals surface area contributed by atoms with Gasteiger partial charge in [-0.3, -0.25) is 4.98 Å². The molecule has 1 aromatic carbocycles. The van der Waals surface area contributed by atoms with Gasteiger partial charge in [0.15, 0.2) is 0 Å². The summed E-state index contributed by atoms with van der Waals surface area (Å²) in [7, 11) is 0. The van der Waals surface area contributed by atoms with E-state index in [4.69, 9.17) is 0 Å². The van der Waals surface area contributed by atoms with Crippen LogP contribution in [0.1, 0.15) is 22.4 Å². The third-order valence-corrected chi connectivity index (χ3v) is 3.67. The van der Waals surface area contributed by atoms with Gasteiger partial charge in [-0.1, -0.05) is 11.6 Å². The van der Waals surface area contributed by atoms with E-state index in [1.54, 1.807) is 18.6 Å². The van der Waals surface area contributed by atoms with Gasteiger partial charge in [0.05, 0.1) is 11.7 Å². The van der Waals surface area contributed by atoms with Crippen molar-refractivity contribution >= 4 is 16.7 Å². The van der Waals surface area contributed by atoms with Crippen molar-refractivity contribution < 1.29 is 0 Å². The van der Waals surface area contributed by atoms with Crippen LogP contribution in [-0.2, 0) is 6.54 Å². The Morgan fingerprint density at radius 3 is 2.75 bits per heavy atom. The number of nitrogens with one attached hydrogen (secondary N) is 2. The summed E-state index contributed by atoms with van der Waals surface area (Å²) in [5, 5.41) is 4.62. The summed E-state index contributed by atoms with van der Waals surface area (Å²) < 4.78 is 0. The Kier molecular flexibility index (Phi) is 3.14. The highest BCUT2D eigenvalue weighted by Gasteiger charge is 2.09. The molecule has 2 aromatic heterocycles. The van der Waals surface area contributed by atoms with Crippen LogP contribution >= 0.6 is 0 Å². The van der Waals surface area contributed by atoms with Crippen LogP contribution in [0.4, 0.5) is 5.82 Å². The quantitative estimate of drug-likeness (QED) is 0.763. The molecule has 0 radical (unpaired) electrons. The molecule has 0 unspecified atom stereocenters. The molecule has 0 aliphatic carbocycles. The van der Waals surface area contributed by atoms with E-state index in [9.17, 15) is 0 Å². The van der Waals surface area contributed by atoms with Crippen molar-refractivity contribution in [2.45, 2.75) is 27.3 Å². The number of fused-ring (bicyclic) bond motifs is 1. The SMILES string of the molecule is Cc1cc(CNc2cnccn2)c2[nH]c(C)c(C)c2c1.